The molecule has 0 saturated carbocycles. The lowest BCUT2D eigenvalue weighted by Gasteiger charge is -2.25. The van der Waals surface area contributed by atoms with Gasteiger partial charge in [0, 0.05) is 35.5 Å². The number of nitrogens with two attached hydrogens (primary N) is 1. The molecule has 122 valence electrons. The van der Waals surface area contributed by atoms with E-state index in [9.17, 15) is 15.4 Å². The van der Waals surface area contributed by atoms with Gasteiger partial charge in [0.1, 0.15) is 23.0 Å². The topological polar surface area (TPSA) is 131 Å². The van der Waals surface area contributed by atoms with Gasteiger partial charge in [-0.05, 0) is 23.8 Å². The SMILES string of the molecule is N#CC1=C(N)Oc2ccc([N+](=O)[O-])cc2C1c1c[nH]c2ncccc12. The Morgan fingerprint density at radius 2 is 2.20 bits per heavy atom. The standard InChI is InChI=1S/C17H11N5O3/c18-7-12-15(13-8-21-17-10(13)2-1-5-20-17)11-6-9(22(23)24)3-4-14(11)25-16(12)19/h1-6,8,15H,19H2,(H,20,21). The van der Waals surface area contributed by atoms with E-state index in [0.717, 1.165) is 10.9 Å². The van der Waals surface area contributed by atoms with Crippen molar-refractivity contribution in [3.05, 3.63) is 75.4 Å². The number of pyridine rings is 1. The Hall–Kier alpha value is -3.86. The van der Waals surface area contributed by atoms with Crippen molar-refractivity contribution in [2.45, 2.75) is 5.92 Å². The van der Waals surface area contributed by atoms with Crippen LogP contribution in [0.1, 0.15) is 17.0 Å². The third-order valence-corrected chi connectivity index (χ3v) is 4.20. The molecule has 3 N–H and O–H groups in total. The molecule has 0 amide bonds. The first-order valence-corrected chi connectivity index (χ1v) is 7.38. The van der Waals surface area contributed by atoms with Crippen molar-refractivity contribution < 1.29 is 9.66 Å². The van der Waals surface area contributed by atoms with Gasteiger partial charge in [-0.2, -0.15) is 5.26 Å². The van der Waals surface area contributed by atoms with Crippen molar-refractivity contribution >= 4 is 16.7 Å². The van der Waals surface area contributed by atoms with Gasteiger partial charge in [-0.25, -0.2) is 4.98 Å². The van der Waals surface area contributed by atoms with E-state index < -0.39 is 10.8 Å². The molecule has 1 unspecified atom stereocenters. The Morgan fingerprint density at radius 1 is 1.36 bits per heavy atom. The second kappa shape index (κ2) is 5.35. The van der Waals surface area contributed by atoms with E-state index in [1.165, 1.54) is 18.2 Å². The van der Waals surface area contributed by atoms with Crippen LogP contribution < -0.4 is 10.5 Å². The number of nitro groups is 1. The minimum Gasteiger partial charge on any atom is -0.440 e. The highest BCUT2D eigenvalue weighted by atomic mass is 16.6. The van der Waals surface area contributed by atoms with Crippen molar-refractivity contribution in [2.24, 2.45) is 5.73 Å². The Kier molecular flexibility index (Phi) is 3.15. The van der Waals surface area contributed by atoms with Gasteiger partial charge in [0.15, 0.2) is 0 Å². The molecule has 1 aliphatic heterocycles. The predicted molar refractivity (Wildman–Crippen MR) is 88.5 cm³/mol. The summed E-state index contributed by atoms with van der Waals surface area (Å²) in [6.07, 6.45) is 3.39. The number of aromatic amines is 1. The van der Waals surface area contributed by atoms with E-state index in [1.807, 2.05) is 6.07 Å². The Labute approximate surface area is 141 Å². The summed E-state index contributed by atoms with van der Waals surface area (Å²) in [5.41, 5.74) is 7.98. The first-order valence-electron chi connectivity index (χ1n) is 7.38. The number of nitrogens with one attached hydrogen (secondary N) is 1. The predicted octanol–water partition coefficient (Wildman–Crippen LogP) is 2.69. The molecule has 4 rings (SSSR count). The van der Waals surface area contributed by atoms with Crippen LogP contribution >= 0.6 is 0 Å². The summed E-state index contributed by atoms with van der Waals surface area (Å²) in [6, 6.07) is 9.98. The van der Waals surface area contributed by atoms with Gasteiger partial charge in [-0.1, -0.05) is 0 Å². The first kappa shape index (κ1) is 14.7. The summed E-state index contributed by atoms with van der Waals surface area (Å²) in [7, 11) is 0. The lowest BCUT2D eigenvalue weighted by molar-refractivity contribution is -0.384. The highest BCUT2D eigenvalue weighted by molar-refractivity contribution is 5.82. The molecule has 8 nitrogen and oxygen atoms in total. The monoisotopic (exact) mass is 333 g/mol. The van der Waals surface area contributed by atoms with Crippen LogP contribution in [0.4, 0.5) is 5.69 Å². The molecule has 25 heavy (non-hydrogen) atoms. The zero-order chi connectivity index (χ0) is 17.6. The lowest BCUT2D eigenvalue weighted by atomic mass is 9.83. The maximum Gasteiger partial charge on any atom is 0.270 e. The average Bonchev–Trinajstić information content (AvgIpc) is 3.03. The van der Waals surface area contributed by atoms with E-state index in [0.29, 0.717) is 17.0 Å². The molecule has 0 fully saturated rings. The average molecular weight is 333 g/mol. The number of hydrogen-bond acceptors (Lipinski definition) is 6. The van der Waals surface area contributed by atoms with Crippen molar-refractivity contribution in [2.75, 3.05) is 0 Å². The van der Waals surface area contributed by atoms with Crippen LogP contribution in [-0.4, -0.2) is 14.9 Å². The Morgan fingerprint density at radius 3 is 2.96 bits per heavy atom. The number of rotatable bonds is 2. The molecule has 1 aliphatic rings. The minimum absolute atomic E-state index is 0.00732. The van der Waals surface area contributed by atoms with Crippen LogP contribution in [0.5, 0.6) is 5.75 Å². The maximum absolute atomic E-state index is 11.2. The summed E-state index contributed by atoms with van der Waals surface area (Å²) in [6.45, 7) is 0. The van der Waals surface area contributed by atoms with E-state index in [1.54, 1.807) is 18.5 Å². The zero-order valence-corrected chi connectivity index (χ0v) is 12.8. The number of nitro benzene ring substituents is 1. The number of nitrogens with zero attached hydrogens (tertiary/aromatic N) is 3. The summed E-state index contributed by atoms with van der Waals surface area (Å²) < 4.78 is 5.50. The van der Waals surface area contributed by atoms with Crippen LogP contribution in [0, 0.1) is 21.4 Å². The molecule has 1 aromatic carbocycles. The number of ether oxygens (including phenoxy) is 1. The number of benzene rings is 1. The molecule has 0 spiro atoms. The Bertz CT molecular complexity index is 1090. The summed E-state index contributed by atoms with van der Waals surface area (Å²) >= 11 is 0. The Balaban J connectivity index is 2.01. The molecule has 3 heterocycles. The van der Waals surface area contributed by atoms with Crippen molar-refractivity contribution in [1.82, 2.24) is 9.97 Å². The van der Waals surface area contributed by atoms with Crippen LogP contribution in [0.25, 0.3) is 11.0 Å². The van der Waals surface area contributed by atoms with Crippen LogP contribution in [-0.2, 0) is 0 Å². The van der Waals surface area contributed by atoms with E-state index in [-0.39, 0.29) is 17.1 Å². The van der Waals surface area contributed by atoms with E-state index in [2.05, 4.69) is 16.0 Å². The van der Waals surface area contributed by atoms with Gasteiger partial charge in [0.05, 0.1) is 10.8 Å². The van der Waals surface area contributed by atoms with Gasteiger partial charge < -0.3 is 15.5 Å². The highest BCUT2D eigenvalue weighted by Gasteiger charge is 2.33. The second-order valence-corrected chi connectivity index (χ2v) is 5.55. The zero-order valence-electron chi connectivity index (χ0n) is 12.8. The second-order valence-electron chi connectivity index (χ2n) is 5.55. The number of non-ortho nitro benzene ring substituents is 1. The van der Waals surface area contributed by atoms with Crippen molar-refractivity contribution in [3.63, 3.8) is 0 Å². The smallest absolute Gasteiger partial charge is 0.270 e. The third-order valence-electron chi connectivity index (χ3n) is 4.20. The quantitative estimate of drug-likeness (QED) is 0.547. The summed E-state index contributed by atoms with van der Waals surface area (Å²) in [4.78, 5) is 18.0. The van der Waals surface area contributed by atoms with Crippen molar-refractivity contribution in [1.29, 1.82) is 5.26 Å². The van der Waals surface area contributed by atoms with Crippen LogP contribution in [0.15, 0.2) is 54.2 Å². The summed E-state index contributed by atoms with van der Waals surface area (Å²) in [5, 5.41) is 21.5. The molecule has 2 aromatic heterocycles. The third kappa shape index (κ3) is 2.18. The van der Waals surface area contributed by atoms with Gasteiger partial charge in [0.25, 0.3) is 5.69 Å². The summed E-state index contributed by atoms with van der Waals surface area (Å²) in [5.74, 6) is -0.191. The number of fused-ring (bicyclic) bond motifs is 2. The number of nitriles is 1. The lowest BCUT2D eigenvalue weighted by Crippen LogP contribution is -2.21. The van der Waals surface area contributed by atoms with Gasteiger partial charge >= 0.3 is 0 Å². The van der Waals surface area contributed by atoms with Gasteiger partial charge in [0.2, 0.25) is 5.88 Å². The number of allylic oxidation sites excluding steroid dienone is 1. The molecule has 0 radical (unpaired) electrons. The van der Waals surface area contributed by atoms with Crippen molar-refractivity contribution in [3.8, 4) is 11.8 Å². The highest BCUT2D eigenvalue weighted by Crippen LogP contribution is 2.44. The fourth-order valence-electron chi connectivity index (χ4n) is 3.10. The van der Waals surface area contributed by atoms with E-state index >= 15 is 0 Å². The molecule has 3 aromatic rings. The largest absolute Gasteiger partial charge is 0.440 e. The van der Waals surface area contributed by atoms with Gasteiger partial charge in [-0.15, -0.1) is 0 Å². The van der Waals surface area contributed by atoms with E-state index in [4.69, 9.17) is 10.5 Å². The molecular weight excluding hydrogens is 322 g/mol. The fourth-order valence-corrected chi connectivity index (χ4v) is 3.10. The number of hydrogen-bond donors (Lipinski definition) is 2. The first-order chi connectivity index (χ1) is 12.1. The van der Waals surface area contributed by atoms with Gasteiger partial charge in [-0.3, -0.25) is 10.1 Å². The molecule has 1 atom stereocenters. The molecule has 0 aliphatic carbocycles. The van der Waals surface area contributed by atoms with Crippen LogP contribution in [0.3, 0.4) is 0 Å². The molecule has 0 bridgehead atoms. The number of aromatic nitrogens is 2. The minimum atomic E-state index is -0.577. The number of H-pyrrole nitrogens is 1. The fraction of sp³-hybridized carbons (Fsp3) is 0.0588. The molecular formula is C17H11N5O3. The molecule has 0 saturated heterocycles. The van der Waals surface area contributed by atoms with Crippen LogP contribution in [0.2, 0.25) is 0 Å². The molecule has 8 heteroatoms. The maximum atomic E-state index is 11.2. The normalized spacial score (nSPS) is 16.2.